The quantitative estimate of drug-likeness (QED) is 0.281. The van der Waals surface area contributed by atoms with Crippen LogP contribution in [0.25, 0.3) is 0 Å². The Balaban J connectivity index is 1.49. The minimum Gasteiger partial charge on any atom is -0.508 e. The Morgan fingerprint density at radius 2 is 1.91 bits per heavy atom. The summed E-state index contributed by atoms with van der Waals surface area (Å²) in [5.74, 6) is -0.681. The lowest BCUT2D eigenvalue weighted by atomic mass is 10.1. The fourth-order valence-electron chi connectivity index (χ4n) is 3.14. The highest BCUT2D eigenvalue weighted by Gasteiger charge is 2.24. The maximum absolute atomic E-state index is 11.3. The summed E-state index contributed by atoms with van der Waals surface area (Å²) in [5, 5.41) is 47.3. The third kappa shape index (κ3) is 5.86. The van der Waals surface area contributed by atoms with Crippen molar-refractivity contribution in [1.29, 1.82) is 0 Å². The van der Waals surface area contributed by atoms with Gasteiger partial charge in [-0.15, -0.1) is 0 Å². The first-order valence-electron chi connectivity index (χ1n) is 9.77. The van der Waals surface area contributed by atoms with Gasteiger partial charge in [0.15, 0.2) is 6.61 Å². The molecule has 0 fully saturated rings. The summed E-state index contributed by atoms with van der Waals surface area (Å²) in [6.45, 7) is 2.05. The highest BCUT2D eigenvalue weighted by atomic mass is 16.8. The number of nitrogens with two attached hydrogens (primary N) is 1. The fraction of sp³-hybridized carbons (Fsp3) is 0.286. The van der Waals surface area contributed by atoms with Crippen LogP contribution in [-0.2, 0) is 13.0 Å². The number of amides is 1. The van der Waals surface area contributed by atoms with Crippen LogP contribution in [0.1, 0.15) is 40.3 Å². The second kappa shape index (κ2) is 9.98. The molecule has 2 aromatic carbocycles. The number of hydrogen-bond acceptors (Lipinski definition) is 9. The molecule has 0 spiro atoms. The molecule has 3 rings (SSSR count). The average Bonchev–Trinajstić information content (AvgIpc) is 3.11. The first-order chi connectivity index (χ1) is 15.2. The third-order valence-electron chi connectivity index (χ3n) is 4.72. The van der Waals surface area contributed by atoms with Crippen molar-refractivity contribution in [3.63, 3.8) is 0 Å². The zero-order chi connectivity index (χ0) is 23.3. The van der Waals surface area contributed by atoms with Gasteiger partial charge in [-0.05, 0) is 53.6 Å². The van der Waals surface area contributed by atoms with Gasteiger partial charge in [0.05, 0.1) is 6.10 Å². The van der Waals surface area contributed by atoms with Gasteiger partial charge in [0.1, 0.15) is 17.2 Å². The average molecular weight is 444 g/mol. The van der Waals surface area contributed by atoms with Crippen LogP contribution in [-0.4, -0.2) is 39.0 Å². The molecule has 0 radical (unpaired) electrons. The standard InChI is InChI=1S/C21H24N4O7/c1-12(23-10-19(28)14-7-15(26)9-16(27)8-14)6-13-2-4-17(5-3-13)31-11-18-20(21(22)29)25(30)32-24-18/h2-5,7-9,12,19,23,26-28H,6,10-11H2,1H3,(H2,22,29)/t12-,19+/m1/s1. The summed E-state index contributed by atoms with van der Waals surface area (Å²) in [6.07, 6.45) is -0.218. The first kappa shape index (κ1) is 22.8. The number of carbonyl (C=O) groups is 1. The van der Waals surface area contributed by atoms with Gasteiger partial charge in [-0.25, -0.2) is 0 Å². The SMILES string of the molecule is C[C@H](Cc1ccc(OCc2no[n+]([O-])c2C(N)=O)cc1)NC[C@H](O)c1cc(O)cc(O)c1. The van der Waals surface area contributed by atoms with Crippen LogP contribution in [0.5, 0.6) is 17.2 Å². The molecule has 1 amide bonds. The van der Waals surface area contributed by atoms with E-state index < -0.39 is 17.7 Å². The Bertz CT molecular complexity index is 1050. The van der Waals surface area contributed by atoms with E-state index in [0.717, 1.165) is 5.56 Å². The van der Waals surface area contributed by atoms with Gasteiger partial charge in [-0.3, -0.25) is 9.42 Å². The summed E-state index contributed by atoms with van der Waals surface area (Å²) in [4.78, 5) is 11.2. The maximum atomic E-state index is 11.3. The van der Waals surface area contributed by atoms with Crippen LogP contribution in [0.2, 0.25) is 0 Å². The number of aromatic hydroxyl groups is 2. The molecule has 0 saturated carbocycles. The van der Waals surface area contributed by atoms with Gasteiger partial charge in [-0.2, -0.15) is 0 Å². The minimum absolute atomic E-state index is 0.00742. The van der Waals surface area contributed by atoms with Gasteiger partial charge in [0, 0.05) is 23.8 Å². The van der Waals surface area contributed by atoms with Crippen LogP contribution in [0.4, 0.5) is 0 Å². The molecular formula is C21H24N4O7. The molecule has 2 atom stereocenters. The van der Waals surface area contributed by atoms with E-state index >= 15 is 0 Å². The topological polar surface area (TPSA) is 178 Å². The molecule has 1 aromatic heterocycles. The zero-order valence-electron chi connectivity index (χ0n) is 17.3. The van der Waals surface area contributed by atoms with Crippen LogP contribution in [0.3, 0.4) is 0 Å². The number of ether oxygens (including phenoxy) is 1. The Kier molecular flexibility index (Phi) is 7.13. The number of rotatable bonds is 10. The Morgan fingerprint density at radius 1 is 1.25 bits per heavy atom. The number of aliphatic hydroxyl groups is 1. The lowest BCUT2D eigenvalue weighted by molar-refractivity contribution is -0.803. The van der Waals surface area contributed by atoms with Crippen LogP contribution < -0.4 is 20.7 Å². The molecule has 0 bridgehead atoms. The second-order valence-corrected chi connectivity index (χ2v) is 7.33. The summed E-state index contributed by atoms with van der Waals surface area (Å²) < 4.78 is 9.90. The zero-order valence-corrected chi connectivity index (χ0v) is 17.3. The van der Waals surface area contributed by atoms with E-state index in [1.807, 2.05) is 19.1 Å². The molecule has 11 heteroatoms. The first-order valence-corrected chi connectivity index (χ1v) is 9.77. The van der Waals surface area contributed by atoms with Crippen molar-refractivity contribution in [3.8, 4) is 17.2 Å². The van der Waals surface area contributed by atoms with Crippen LogP contribution >= 0.6 is 0 Å². The van der Waals surface area contributed by atoms with Gasteiger partial charge in [0.2, 0.25) is 0 Å². The molecule has 0 aliphatic carbocycles. The predicted octanol–water partition coefficient (Wildman–Crippen LogP) is 0.651. The normalized spacial score (nSPS) is 12.9. The highest BCUT2D eigenvalue weighted by Crippen LogP contribution is 2.24. The Labute approximate surface area is 183 Å². The largest absolute Gasteiger partial charge is 0.508 e. The Morgan fingerprint density at radius 3 is 2.53 bits per heavy atom. The molecule has 0 aliphatic heterocycles. The molecule has 1 heterocycles. The summed E-state index contributed by atoms with van der Waals surface area (Å²) in [6, 6.07) is 11.2. The van der Waals surface area contributed by atoms with Crippen LogP contribution in [0, 0.1) is 5.21 Å². The van der Waals surface area contributed by atoms with E-state index in [4.69, 9.17) is 10.5 Å². The summed E-state index contributed by atoms with van der Waals surface area (Å²) >= 11 is 0. The van der Waals surface area contributed by atoms with Gasteiger partial charge < -0.3 is 36.3 Å². The van der Waals surface area contributed by atoms with Crippen molar-refractivity contribution in [3.05, 3.63) is 70.2 Å². The van der Waals surface area contributed by atoms with Crippen molar-refractivity contribution < 1.29 is 34.4 Å². The van der Waals surface area contributed by atoms with Gasteiger partial charge in [-0.1, -0.05) is 12.1 Å². The second-order valence-electron chi connectivity index (χ2n) is 7.33. The lowest BCUT2D eigenvalue weighted by Crippen LogP contribution is -2.35. The number of phenolic OH excluding ortho intramolecular Hbond substituents is 2. The number of phenols is 2. The minimum atomic E-state index is -0.956. The fourth-order valence-corrected chi connectivity index (χ4v) is 3.14. The van der Waals surface area contributed by atoms with Crippen molar-refractivity contribution >= 4 is 5.91 Å². The molecule has 170 valence electrons. The van der Waals surface area contributed by atoms with Crippen molar-refractivity contribution in [1.82, 2.24) is 10.5 Å². The Hall–Kier alpha value is -3.83. The maximum Gasteiger partial charge on any atom is 0.297 e. The number of nitrogens with one attached hydrogen (secondary N) is 1. The van der Waals surface area contributed by atoms with Crippen molar-refractivity contribution in [2.75, 3.05) is 6.54 Å². The number of nitrogens with zero attached hydrogens (tertiary/aromatic N) is 2. The predicted molar refractivity (Wildman–Crippen MR) is 111 cm³/mol. The molecule has 3 aromatic rings. The van der Waals surface area contributed by atoms with E-state index in [2.05, 4.69) is 15.1 Å². The number of hydrogen-bond donors (Lipinski definition) is 5. The smallest absolute Gasteiger partial charge is 0.297 e. The molecule has 0 aliphatic rings. The van der Waals surface area contributed by atoms with Crippen molar-refractivity contribution in [2.24, 2.45) is 5.73 Å². The number of carbonyl (C=O) groups excluding carboxylic acids is 1. The van der Waals surface area contributed by atoms with E-state index in [1.165, 1.54) is 18.2 Å². The lowest BCUT2D eigenvalue weighted by Gasteiger charge is -2.18. The highest BCUT2D eigenvalue weighted by molar-refractivity contribution is 5.90. The molecule has 11 nitrogen and oxygen atoms in total. The molecule has 32 heavy (non-hydrogen) atoms. The van der Waals surface area contributed by atoms with Crippen LogP contribution in [0.15, 0.2) is 47.1 Å². The van der Waals surface area contributed by atoms with Crippen molar-refractivity contribution in [2.45, 2.75) is 32.1 Å². The molecule has 0 unspecified atom stereocenters. The number of aliphatic hydroxyl groups excluding tert-OH is 1. The number of primary amides is 1. The van der Waals surface area contributed by atoms with Gasteiger partial charge >= 0.3 is 0 Å². The molecular weight excluding hydrogens is 420 g/mol. The molecule has 0 saturated heterocycles. The van der Waals surface area contributed by atoms with E-state index in [9.17, 15) is 25.3 Å². The van der Waals surface area contributed by atoms with Gasteiger partial charge in [0.25, 0.3) is 17.3 Å². The van der Waals surface area contributed by atoms with E-state index in [1.54, 1.807) is 12.1 Å². The summed E-state index contributed by atoms with van der Waals surface area (Å²) in [7, 11) is 0. The number of aromatic nitrogens is 2. The number of benzene rings is 2. The van der Waals surface area contributed by atoms with E-state index in [0.29, 0.717) is 17.7 Å². The van der Waals surface area contributed by atoms with E-state index in [-0.39, 0.29) is 41.3 Å². The third-order valence-corrected chi connectivity index (χ3v) is 4.72. The monoisotopic (exact) mass is 444 g/mol. The summed E-state index contributed by atoms with van der Waals surface area (Å²) in [5.41, 5.74) is 6.16. The molecule has 6 N–H and O–H groups in total.